The van der Waals surface area contributed by atoms with Crippen LogP contribution in [0, 0.1) is 0 Å². The fourth-order valence-corrected chi connectivity index (χ4v) is 5.63. The molecule has 0 amide bonds. The Kier molecular flexibility index (Phi) is 4.92. The molecule has 0 radical (unpaired) electrons. The van der Waals surface area contributed by atoms with Crippen LogP contribution in [-0.2, 0) is 22.1 Å². The summed E-state index contributed by atoms with van der Waals surface area (Å²) in [5.41, 5.74) is 4.54. The van der Waals surface area contributed by atoms with Gasteiger partial charge in [0.05, 0.1) is 11.9 Å². The normalized spacial score (nSPS) is 17.7. The quantitative estimate of drug-likeness (QED) is 0.496. The van der Waals surface area contributed by atoms with E-state index in [1.54, 1.807) is 0 Å². The number of H-pyrrole nitrogens is 2. The number of hydrogen-bond acceptors (Lipinski definition) is 4. The predicted molar refractivity (Wildman–Crippen MR) is 117 cm³/mol. The van der Waals surface area contributed by atoms with E-state index in [2.05, 4.69) is 56.6 Å². The highest BCUT2D eigenvalue weighted by Crippen LogP contribution is 2.30. The third kappa shape index (κ3) is 3.78. The van der Waals surface area contributed by atoms with E-state index in [0.29, 0.717) is 5.92 Å². The first kappa shape index (κ1) is 19.1. The second kappa shape index (κ2) is 7.74. The molecule has 1 aliphatic heterocycles. The van der Waals surface area contributed by atoms with E-state index in [1.807, 2.05) is 18.2 Å². The van der Waals surface area contributed by atoms with Crippen LogP contribution in [0.15, 0.2) is 72.0 Å². The summed E-state index contributed by atoms with van der Waals surface area (Å²) >= 11 is 0. The maximum absolute atomic E-state index is 12.6. The van der Waals surface area contributed by atoms with Gasteiger partial charge in [0, 0.05) is 36.4 Å². The van der Waals surface area contributed by atoms with Crippen LogP contribution in [-0.4, -0.2) is 41.6 Å². The Labute approximate surface area is 175 Å². The van der Waals surface area contributed by atoms with Crippen molar-refractivity contribution >= 4 is 20.7 Å². The lowest BCUT2D eigenvalue weighted by atomic mass is 9.97. The van der Waals surface area contributed by atoms with Crippen LogP contribution in [0.4, 0.5) is 0 Å². The number of aromatic nitrogens is 3. The third-order valence-corrected chi connectivity index (χ3v) is 7.61. The van der Waals surface area contributed by atoms with Crippen molar-refractivity contribution < 1.29 is 8.42 Å². The molecule has 1 unspecified atom stereocenters. The monoisotopic (exact) mass is 420 g/mol. The van der Waals surface area contributed by atoms with Crippen LogP contribution in [0.2, 0.25) is 0 Å². The van der Waals surface area contributed by atoms with Gasteiger partial charge in [0.25, 0.3) is 0 Å². The molecule has 6 nitrogen and oxygen atoms in total. The molecule has 1 saturated heterocycles. The average Bonchev–Trinajstić information content (AvgIpc) is 3.50. The highest BCUT2D eigenvalue weighted by molar-refractivity contribution is 7.90. The van der Waals surface area contributed by atoms with Crippen molar-refractivity contribution in [2.45, 2.75) is 29.5 Å². The van der Waals surface area contributed by atoms with Crippen molar-refractivity contribution in [1.29, 1.82) is 0 Å². The zero-order valence-corrected chi connectivity index (χ0v) is 17.4. The summed E-state index contributed by atoms with van der Waals surface area (Å²) in [6.07, 6.45) is 5.98. The topological polar surface area (TPSA) is 81.8 Å². The zero-order chi connectivity index (χ0) is 20.6. The molecule has 0 bridgehead atoms. The smallest absolute Gasteiger partial charge is 0.185 e. The van der Waals surface area contributed by atoms with Crippen LogP contribution < -0.4 is 0 Å². The molecular formula is C23H24N4O2S. The summed E-state index contributed by atoms with van der Waals surface area (Å²) in [7, 11) is -3.38. The molecule has 0 saturated carbocycles. The summed E-state index contributed by atoms with van der Waals surface area (Å²) in [5, 5.41) is 7.62. The molecule has 0 spiro atoms. The van der Waals surface area contributed by atoms with Crippen LogP contribution in [0.1, 0.15) is 29.0 Å². The fraction of sp³-hybridized carbons (Fsp3) is 0.261. The Bertz CT molecular complexity index is 1260. The van der Waals surface area contributed by atoms with Crippen molar-refractivity contribution in [3.63, 3.8) is 0 Å². The lowest BCUT2D eigenvalue weighted by molar-refractivity contribution is 0.328. The molecule has 2 aromatic carbocycles. The van der Waals surface area contributed by atoms with Gasteiger partial charge in [-0.2, -0.15) is 5.10 Å². The molecule has 1 aliphatic rings. The number of nitrogens with zero attached hydrogens (tertiary/aromatic N) is 2. The minimum Gasteiger partial charge on any atom is -0.361 e. The highest BCUT2D eigenvalue weighted by Gasteiger charge is 2.25. The van der Waals surface area contributed by atoms with Crippen molar-refractivity contribution in [2.75, 3.05) is 13.1 Å². The number of benzene rings is 2. The van der Waals surface area contributed by atoms with E-state index < -0.39 is 9.84 Å². The van der Waals surface area contributed by atoms with Gasteiger partial charge in [-0.25, -0.2) is 8.42 Å². The van der Waals surface area contributed by atoms with E-state index in [9.17, 15) is 8.42 Å². The number of aromatic amines is 2. The van der Waals surface area contributed by atoms with E-state index >= 15 is 0 Å². The summed E-state index contributed by atoms with van der Waals surface area (Å²) in [5.74, 6) is 0.415. The standard InChI is InChI=1S/C23H24N4O2S/c28-30(29,21-12-25-26-13-21)16-17-4-3-5-18(10-17)19-8-9-27(14-19)15-20-11-24-23-7-2-1-6-22(20)23/h1-7,10-13,19,24H,8-9,14-16H2,(H,25,26). The van der Waals surface area contributed by atoms with Gasteiger partial charge in [-0.1, -0.05) is 42.5 Å². The molecule has 7 heteroatoms. The van der Waals surface area contributed by atoms with Crippen LogP contribution in [0.5, 0.6) is 0 Å². The molecule has 5 rings (SSSR count). The van der Waals surface area contributed by atoms with Crippen molar-refractivity contribution in [1.82, 2.24) is 20.1 Å². The van der Waals surface area contributed by atoms with E-state index in [4.69, 9.17) is 0 Å². The largest absolute Gasteiger partial charge is 0.361 e. The molecular weight excluding hydrogens is 396 g/mol. The minimum atomic E-state index is -3.38. The molecule has 0 aliphatic carbocycles. The molecule has 2 aromatic heterocycles. The summed E-state index contributed by atoms with van der Waals surface area (Å²) in [4.78, 5) is 6.07. The Morgan fingerprint density at radius 2 is 2.00 bits per heavy atom. The van der Waals surface area contributed by atoms with Gasteiger partial charge in [-0.05, 0) is 41.6 Å². The summed E-state index contributed by atoms with van der Waals surface area (Å²) in [6, 6.07) is 16.4. The van der Waals surface area contributed by atoms with Gasteiger partial charge >= 0.3 is 0 Å². The maximum Gasteiger partial charge on any atom is 0.185 e. The van der Waals surface area contributed by atoms with Gasteiger partial charge in [-0.3, -0.25) is 10.00 Å². The molecule has 2 N–H and O–H groups in total. The van der Waals surface area contributed by atoms with Crippen LogP contribution in [0.3, 0.4) is 0 Å². The van der Waals surface area contributed by atoms with E-state index in [0.717, 1.165) is 31.6 Å². The highest BCUT2D eigenvalue weighted by atomic mass is 32.2. The van der Waals surface area contributed by atoms with Gasteiger partial charge in [0.15, 0.2) is 9.84 Å². The number of nitrogens with one attached hydrogen (secondary N) is 2. The molecule has 4 aromatic rings. The van der Waals surface area contributed by atoms with Crippen molar-refractivity contribution in [2.24, 2.45) is 0 Å². The van der Waals surface area contributed by atoms with Gasteiger partial charge < -0.3 is 4.98 Å². The Balaban J connectivity index is 1.28. The molecule has 30 heavy (non-hydrogen) atoms. The fourth-order valence-electron chi connectivity index (χ4n) is 4.40. The average molecular weight is 421 g/mol. The van der Waals surface area contributed by atoms with E-state index in [-0.39, 0.29) is 10.6 Å². The van der Waals surface area contributed by atoms with Crippen LogP contribution in [0.25, 0.3) is 10.9 Å². The lowest BCUT2D eigenvalue weighted by Gasteiger charge is -2.16. The van der Waals surface area contributed by atoms with Gasteiger partial charge in [0.2, 0.25) is 0 Å². The SMILES string of the molecule is O=S(=O)(Cc1cccc(C2CCN(Cc3c[nH]c4ccccc34)C2)c1)c1cn[nH]c1. The van der Waals surface area contributed by atoms with Gasteiger partial charge in [0.1, 0.15) is 4.90 Å². The second-order valence-corrected chi connectivity index (χ2v) is 10.0. The number of para-hydroxylation sites is 1. The Morgan fingerprint density at radius 3 is 2.87 bits per heavy atom. The first-order chi connectivity index (χ1) is 14.6. The number of fused-ring (bicyclic) bond motifs is 1. The molecule has 3 heterocycles. The Hall–Kier alpha value is -2.90. The van der Waals surface area contributed by atoms with Crippen molar-refractivity contribution in [3.05, 3.63) is 83.8 Å². The first-order valence-electron chi connectivity index (χ1n) is 10.2. The number of rotatable bonds is 6. The third-order valence-electron chi connectivity index (χ3n) is 5.95. The second-order valence-electron chi connectivity index (χ2n) is 8.02. The maximum atomic E-state index is 12.6. The number of sulfone groups is 1. The van der Waals surface area contributed by atoms with Gasteiger partial charge in [-0.15, -0.1) is 0 Å². The zero-order valence-electron chi connectivity index (χ0n) is 16.6. The molecule has 154 valence electrons. The van der Waals surface area contributed by atoms with E-state index in [1.165, 1.54) is 34.4 Å². The molecule has 1 atom stereocenters. The van der Waals surface area contributed by atoms with Crippen LogP contribution >= 0.6 is 0 Å². The number of likely N-dealkylation sites (tertiary alicyclic amines) is 1. The Morgan fingerprint density at radius 1 is 1.10 bits per heavy atom. The predicted octanol–water partition coefficient (Wildman–Crippen LogP) is 3.85. The van der Waals surface area contributed by atoms with Crippen molar-refractivity contribution in [3.8, 4) is 0 Å². The summed E-state index contributed by atoms with van der Waals surface area (Å²) < 4.78 is 25.1. The minimum absolute atomic E-state index is 0.00779. The number of hydrogen-bond donors (Lipinski definition) is 2. The summed E-state index contributed by atoms with van der Waals surface area (Å²) in [6.45, 7) is 2.95. The molecule has 1 fully saturated rings. The first-order valence-corrected chi connectivity index (χ1v) is 11.8. The lowest BCUT2D eigenvalue weighted by Crippen LogP contribution is -2.19.